The smallest absolute Gasteiger partial charge is 0.215 e. The molecule has 0 atom stereocenters. The second kappa shape index (κ2) is 6.24. The van der Waals surface area contributed by atoms with E-state index in [0.29, 0.717) is 33.6 Å². The fraction of sp³-hybridized carbons (Fsp3) is 0. The molecule has 0 fully saturated rings. The summed E-state index contributed by atoms with van der Waals surface area (Å²) < 4.78 is 19.1. The number of nitrogens with two attached hydrogens (primary N) is 2. The fourth-order valence-corrected chi connectivity index (χ4v) is 2.96. The van der Waals surface area contributed by atoms with Crippen LogP contribution in [0.25, 0.3) is 22.1 Å². The van der Waals surface area contributed by atoms with E-state index in [9.17, 15) is 4.39 Å². The van der Waals surface area contributed by atoms with Crippen LogP contribution in [0.4, 0.5) is 27.5 Å². The SMILES string of the molecule is Nc1oc2c(Nc3ccccc3)ncc(-c3ccc(F)c(Cl)c3)c2c1N. The fourth-order valence-electron chi connectivity index (χ4n) is 2.78. The summed E-state index contributed by atoms with van der Waals surface area (Å²) in [4.78, 5) is 4.43. The number of rotatable bonds is 3. The number of para-hydroxylation sites is 1. The zero-order chi connectivity index (χ0) is 18.3. The van der Waals surface area contributed by atoms with Crippen molar-refractivity contribution in [2.75, 3.05) is 16.8 Å². The van der Waals surface area contributed by atoms with Crippen LogP contribution in [0.3, 0.4) is 0 Å². The van der Waals surface area contributed by atoms with Gasteiger partial charge in [-0.15, -0.1) is 0 Å². The lowest BCUT2D eigenvalue weighted by Gasteiger charge is -2.09. The zero-order valence-electron chi connectivity index (χ0n) is 13.5. The molecular weight excluding hydrogens is 355 g/mol. The Morgan fingerprint density at radius 3 is 2.58 bits per heavy atom. The number of halogens is 2. The highest BCUT2D eigenvalue weighted by Gasteiger charge is 2.19. The molecule has 0 amide bonds. The van der Waals surface area contributed by atoms with Gasteiger partial charge in [0.1, 0.15) is 11.5 Å². The highest BCUT2D eigenvalue weighted by molar-refractivity contribution is 6.31. The molecule has 0 radical (unpaired) electrons. The van der Waals surface area contributed by atoms with E-state index in [0.717, 1.165) is 5.69 Å². The maximum Gasteiger partial charge on any atom is 0.215 e. The van der Waals surface area contributed by atoms with E-state index in [-0.39, 0.29) is 10.9 Å². The summed E-state index contributed by atoms with van der Waals surface area (Å²) in [6.07, 6.45) is 1.63. The molecule has 0 saturated carbocycles. The molecule has 2 heterocycles. The lowest BCUT2D eigenvalue weighted by atomic mass is 10.0. The average molecular weight is 369 g/mol. The number of aromatic nitrogens is 1. The number of furan rings is 1. The van der Waals surface area contributed by atoms with E-state index < -0.39 is 5.82 Å². The van der Waals surface area contributed by atoms with Crippen LogP contribution in [-0.2, 0) is 0 Å². The highest BCUT2D eigenvalue weighted by Crippen LogP contribution is 2.41. The van der Waals surface area contributed by atoms with Crippen LogP contribution < -0.4 is 16.8 Å². The van der Waals surface area contributed by atoms with Gasteiger partial charge in [0.2, 0.25) is 5.88 Å². The maximum absolute atomic E-state index is 13.5. The van der Waals surface area contributed by atoms with Crippen LogP contribution in [0.15, 0.2) is 59.1 Å². The van der Waals surface area contributed by atoms with Crippen molar-refractivity contribution in [3.8, 4) is 11.1 Å². The van der Waals surface area contributed by atoms with Gasteiger partial charge in [0.25, 0.3) is 0 Å². The van der Waals surface area contributed by atoms with Gasteiger partial charge in [-0.25, -0.2) is 9.37 Å². The lowest BCUT2D eigenvalue weighted by Crippen LogP contribution is -1.96. The lowest BCUT2D eigenvalue weighted by molar-refractivity contribution is 0.628. The quantitative estimate of drug-likeness (QED) is 0.462. The van der Waals surface area contributed by atoms with Crippen molar-refractivity contribution in [2.24, 2.45) is 0 Å². The number of hydrogen-bond donors (Lipinski definition) is 3. The third-order valence-electron chi connectivity index (χ3n) is 4.05. The summed E-state index contributed by atoms with van der Waals surface area (Å²) in [6, 6.07) is 13.9. The van der Waals surface area contributed by atoms with Crippen molar-refractivity contribution in [3.63, 3.8) is 0 Å². The Morgan fingerprint density at radius 1 is 1.08 bits per heavy atom. The van der Waals surface area contributed by atoms with E-state index >= 15 is 0 Å². The molecule has 0 spiro atoms. The zero-order valence-corrected chi connectivity index (χ0v) is 14.2. The van der Waals surface area contributed by atoms with Crippen LogP contribution >= 0.6 is 11.6 Å². The normalized spacial score (nSPS) is 11.0. The predicted octanol–water partition coefficient (Wildman–Crippen LogP) is 5.20. The Bertz CT molecular complexity index is 1110. The van der Waals surface area contributed by atoms with Crippen molar-refractivity contribution in [3.05, 3.63) is 65.6 Å². The molecule has 0 saturated heterocycles. The second-order valence-corrected chi connectivity index (χ2v) is 6.13. The van der Waals surface area contributed by atoms with Gasteiger partial charge in [0.15, 0.2) is 11.4 Å². The second-order valence-electron chi connectivity index (χ2n) is 5.72. The Hall–Kier alpha value is -3.25. The molecule has 0 aliphatic rings. The first-order chi connectivity index (χ1) is 12.5. The van der Waals surface area contributed by atoms with Crippen molar-refractivity contribution in [1.82, 2.24) is 4.98 Å². The number of nitrogens with zero attached hydrogens (tertiary/aromatic N) is 1. The van der Waals surface area contributed by atoms with E-state index in [2.05, 4.69) is 10.3 Å². The molecule has 0 aliphatic heterocycles. The van der Waals surface area contributed by atoms with Gasteiger partial charge in [-0.1, -0.05) is 35.9 Å². The first-order valence-electron chi connectivity index (χ1n) is 7.78. The number of hydrogen-bond acceptors (Lipinski definition) is 5. The molecule has 5 nitrogen and oxygen atoms in total. The summed E-state index contributed by atoms with van der Waals surface area (Å²) in [7, 11) is 0. The molecule has 0 bridgehead atoms. The van der Waals surface area contributed by atoms with Crippen LogP contribution in [0.1, 0.15) is 0 Å². The molecule has 4 rings (SSSR count). The molecule has 5 N–H and O–H groups in total. The Kier molecular flexibility index (Phi) is 3.89. The molecule has 130 valence electrons. The van der Waals surface area contributed by atoms with E-state index in [1.807, 2.05) is 30.3 Å². The topological polar surface area (TPSA) is 90.1 Å². The van der Waals surface area contributed by atoms with Gasteiger partial charge >= 0.3 is 0 Å². The molecule has 7 heteroatoms. The third-order valence-corrected chi connectivity index (χ3v) is 4.34. The standard InChI is InChI=1S/C19H14ClFN4O/c20-13-8-10(6-7-14(13)21)12-9-24-19(25-11-4-2-1-3-5-11)17-15(12)16(22)18(23)26-17/h1-9H,22-23H2,(H,24,25). The van der Waals surface area contributed by atoms with E-state index in [1.165, 1.54) is 12.1 Å². The van der Waals surface area contributed by atoms with E-state index in [1.54, 1.807) is 12.3 Å². The van der Waals surface area contributed by atoms with E-state index in [4.69, 9.17) is 27.5 Å². The van der Waals surface area contributed by atoms with Gasteiger partial charge in [0, 0.05) is 17.4 Å². The van der Waals surface area contributed by atoms with Crippen molar-refractivity contribution in [1.29, 1.82) is 0 Å². The summed E-state index contributed by atoms with van der Waals surface area (Å²) in [5.41, 5.74) is 14.9. The molecule has 4 aromatic rings. The van der Waals surface area contributed by atoms with Crippen molar-refractivity contribution >= 4 is 45.6 Å². The number of benzene rings is 2. The monoisotopic (exact) mass is 368 g/mol. The van der Waals surface area contributed by atoms with Crippen molar-refractivity contribution in [2.45, 2.75) is 0 Å². The first kappa shape index (κ1) is 16.2. The number of anilines is 4. The van der Waals surface area contributed by atoms with Gasteiger partial charge in [-0.3, -0.25) is 0 Å². The summed E-state index contributed by atoms with van der Waals surface area (Å²) >= 11 is 5.91. The number of nitrogen functional groups attached to an aromatic ring is 2. The first-order valence-corrected chi connectivity index (χ1v) is 8.16. The van der Waals surface area contributed by atoms with Crippen molar-refractivity contribution < 1.29 is 8.81 Å². The van der Waals surface area contributed by atoms with Crippen LogP contribution in [0, 0.1) is 5.82 Å². The Labute approximate surface area is 153 Å². The summed E-state index contributed by atoms with van der Waals surface area (Å²) in [5, 5.41) is 3.79. The molecule has 0 unspecified atom stereocenters. The average Bonchev–Trinajstić information content (AvgIpc) is 2.94. The minimum Gasteiger partial charge on any atom is -0.435 e. The number of nitrogens with one attached hydrogen (secondary N) is 1. The molecule has 0 aliphatic carbocycles. The molecular formula is C19H14ClFN4O. The minimum atomic E-state index is -0.498. The van der Waals surface area contributed by atoms with Gasteiger partial charge in [-0.05, 0) is 29.8 Å². The molecule has 26 heavy (non-hydrogen) atoms. The molecule has 2 aromatic carbocycles. The Balaban J connectivity index is 1.91. The summed E-state index contributed by atoms with van der Waals surface area (Å²) in [6.45, 7) is 0. The largest absolute Gasteiger partial charge is 0.435 e. The summed E-state index contributed by atoms with van der Waals surface area (Å²) in [5.74, 6) is 0.0757. The third kappa shape index (κ3) is 2.70. The molecule has 2 aromatic heterocycles. The van der Waals surface area contributed by atoms with Gasteiger partial charge in [-0.2, -0.15) is 0 Å². The number of pyridine rings is 1. The number of fused-ring (bicyclic) bond motifs is 1. The van der Waals surface area contributed by atoms with Crippen LogP contribution in [0.2, 0.25) is 5.02 Å². The highest BCUT2D eigenvalue weighted by atomic mass is 35.5. The van der Waals surface area contributed by atoms with Gasteiger partial charge in [0.05, 0.1) is 10.4 Å². The maximum atomic E-state index is 13.5. The van der Waals surface area contributed by atoms with Crippen LogP contribution in [-0.4, -0.2) is 4.98 Å². The predicted molar refractivity (Wildman–Crippen MR) is 103 cm³/mol. The van der Waals surface area contributed by atoms with Crippen LogP contribution in [0.5, 0.6) is 0 Å². The Morgan fingerprint density at radius 2 is 1.85 bits per heavy atom. The minimum absolute atomic E-state index is 0.0113. The van der Waals surface area contributed by atoms with Gasteiger partial charge < -0.3 is 21.2 Å².